The lowest BCUT2D eigenvalue weighted by atomic mass is 10.2. The van der Waals surface area contributed by atoms with E-state index in [1.54, 1.807) is 4.90 Å². The van der Waals surface area contributed by atoms with Gasteiger partial charge in [-0.2, -0.15) is 0 Å². The van der Waals surface area contributed by atoms with E-state index in [1.165, 1.54) is 0 Å². The zero-order chi connectivity index (χ0) is 23.4. The van der Waals surface area contributed by atoms with Gasteiger partial charge in [-0.1, -0.05) is 20.8 Å². The van der Waals surface area contributed by atoms with E-state index >= 15 is 0 Å². The number of amides is 6. The maximum absolute atomic E-state index is 12.1. The lowest BCUT2D eigenvalue weighted by Crippen LogP contribution is -2.47. The van der Waals surface area contributed by atoms with Crippen molar-refractivity contribution in [1.29, 1.82) is 0 Å². The Morgan fingerprint density at radius 1 is 0.935 bits per heavy atom. The third-order valence-electron chi connectivity index (χ3n) is 4.48. The molecular formula is C20H31N5O6. The maximum atomic E-state index is 12.1. The Balaban J connectivity index is 0.00000233. The summed E-state index contributed by atoms with van der Waals surface area (Å²) in [6, 6.07) is -0.573. The molecule has 1 saturated heterocycles. The zero-order valence-corrected chi connectivity index (χ0v) is 18.2. The van der Waals surface area contributed by atoms with Crippen LogP contribution in [0.2, 0.25) is 0 Å². The summed E-state index contributed by atoms with van der Waals surface area (Å²) in [7, 11) is 0. The molecule has 2 heterocycles. The molecule has 31 heavy (non-hydrogen) atoms. The van der Waals surface area contributed by atoms with Gasteiger partial charge in [0.25, 0.3) is 11.8 Å². The first-order valence-electron chi connectivity index (χ1n) is 10.5. The highest BCUT2D eigenvalue weighted by atomic mass is 16.2. The van der Waals surface area contributed by atoms with E-state index in [4.69, 9.17) is 0 Å². The number of carbonyl (C=O) groups excluding carboxylic acids is 6. The third-order valence-corrected chi connectivity index (χ3v) is 4.48. The van der Waals surface area contributed by atoms with Crippen molar-refractivity contribution in [3.05, 3.63) is 12.2 Å². The number of nitrogens with zero attached hydrogens (tertiary/aromatic N) is 2. The van der Waals surface area contributed by atoms with Crippen LogP contribution in [0.3, 0.4) is 0 Å². The largest absolute Gasteiger partial charge is 0.347 e. The first-order chi connectivity index (χ1) is 14.8. The number of nitrogens with one attached hydrogen (secondary N) is 3. The van der Waals surface area contributed by atoms with Crippen molar-refractivity contribution >= 4 is 35.4 Å². The predicted octanol–water partition coefficient (Wildman–Crippen LogP) is -1.31. The first-order valence-corrected chi connectivity index (χ1v) is 10.5. The van der Waals surface area contributed by atoms with Crippen LogP contribution in [0, 0.1) is 0 Å². The summed E-state index contributed by atoms with van der Waals surface area (Å²) in [5.74, 6) is -2.65. The van der Waals surface area contributed by atoms with Crippen molar-refractivity contribution in [3.63, 3.8) is 0 Å². The van der Waals surface area contributed by atoms with Gasteiger partial charge in [0.2, 0.25) is 23.6 Å². The molecule has 0 aliphatic carbocycles. The molecule has 0 radical (unpaired) electrons. The van der Waals surface area contributed by atoms with E-state index in [-0.39, 0.29) is 32.0 Å². The quantitative estimate of drug-likeness (QED) is 0.362. The minimum Gasteiger partial charge on any atom is -0.347 e. The molecule has 172 valence electrons. The molecule has 0 spiro atoms. The molecule has 0 saturated carbocycles. The Morgan fingerprint density at radius 3 is 2.13 bits per heavy atom. The van der Waals surface area contributed by atoms with E-state index in [2.05, 4.69) is 16.0 Å². The Hall–Kier alpha value is -3.24. The lowest BCUT2D eigenvalue weighted by molar-refractivity contribution is -0.137. The minimum atomic E-state index is -0.575. The van der Waals surface area contributed by atoms with Gasteiger partial charge in [0.05, 0.1) is 13.1 Å². The molecular weight excluding hydrogens is 406 g/mol. The van der Waals surface area contributed by atoms with E-state index < -0.39 is 35.6 Å². The normalized spacial score (nSPS) is 17.4. The van der Waals surface area contributed by atoms with Crippen molar-refractivity contribution in [3.8, 4) is 0 Å². The van der Waals surface area contributed by atoms with Crippen molar-refractivity contribution in [2.24, 2.45) is 0 Å². The lowest BCUT2D eigenvalue weighted by Gasteiger charge is -2.16. The summed E-state index contributed by atoms with van der Waals surface area (Å²) in [5.41, 5.74) is 0. The van der Waals surface area contributed by atoms with E-state index in [1.807, 2.05) is 20.8 Å². The number of rotatable bonds is 10. The van der Waals surface area contributed by atoms with Gasteiger partial charge >= 0.3 is 0 Å². The fraction of sp³-hybridized carbons (Fsp3) is 0.600. The molecule has 3 N–H and O–H groups in total. The fourth-order valence-electron chi connectivity index (χ4n) is 2.98. The van der Waals surface area contributed by atoms with Crippen LogP contribution < -0.4 is 16.0 Å². The second-order valence-electron chi connectivity index (χ2n) is 6.70. The molecule has 2 aliphatic rings. The average Bonchev–Trinajstić information content (AvgIpc) is 3.26. The van der Waals surface area contributed by atoms with Gasteiger partial charge in [0, 0.05) is 38.2 Å². The topological polar surface area (TPSA) is 145 Å². The van der Waals surface area contributed by atoms with Crippen LogP contribution in [0.4, 0.5) is 0 Å². The molecule has 0 aromatic carbocycles. The van der Waals surface area contributed by atoms with Crippen LogP contribution in [-0.4, -0.2) is 84.0 Å². The second kappa shape index (κ2) is 13.1. The number of imide groups is 1. The molecule has 0 aromatic heterocycles. The summed E-state index contributed by atoms with van der Waals surface area (Å²) in [6.07, 6.45) is 3.49. The molecule has 6 amide bonds. The van der Waals surface area contributed by atoms with Crippen LogP contribution >= 0.6 is 0 Å². The molecule has 2 rings (SSSR count). The van der Waals surface area contributed by atoms with Gasteiger partial charge < -0.3 is 20.9 Å². The molecule has 1 atom stereocenters. The van der Waals surface area contributed by atoms with E-state index in [0.29, 0.717) is 19.5 Å². The Morgan fingerprint density at radius 2 is 1.52 bits per heavy atom. The van der Waals surface area contributed by atoms with Crippen molar-refractivity contribution in [2.45, 2.75) is 46.1 Å². The van der Waals surface area contributed by atoms with E-state index in [9.17, 15) is 28.8 Å². The van der Waals surface area contributed by atoms with Gasteiger partial charge in [0.15, 0.2) is 0 Å². The van der Waals surface area contributed by atoms with Gasteiger partial charge in [-0.05, 0) is 12.8 Å². The Kier molecular flexibility index (Phi) is 10.9. The number of hydrogen-bond acceptors (Lipinski definition) is 6. The summed E-state index contributed by atoms with van der Waals surface area (Å²) >= 11 is 0. The van der Waals surface area contributed by atoms with Crippen molar-refractivity contribution < 1.29 is 28.8 Å². The smallest absolute Gasteiger partial charge is 0.253 e. The van der Waals surface area contributed by atoms with Gasteiger partial charge in [-0.25, -0.2) is 0 Å². The molecule has 11 nitrogen and oxygen atoms in total. The maximum Gasteiger partial charge on any atom is 0.253 e. The number of hydrogen-bond donors (Lipinski definition) is 3. The monoisotopic (exact) mass is 437 g/mol. The summed E-state index contributed by atoms with van der Waals surface area (Å²) in [4.78, 5) is 72.8. The fourth-order valence-corrected chi connectivity index (χ4v) is 2.98. The summed E-state index contributed by atoms with van der Waals surface area (Å²) < 4.78 is 0. The van der Waals surface area contributed by atoms with Crippen LogP contribution in [-0.2, 0) is 28.8 Å². The zero-order valence-electron chi connectivity index (χ0n) is 18.2. The van der Waals surface area contributed by atoms with Gasteiger partial charge in [-0.3, -0.25) is 33.7 Å². The molecule has 1 unspecified atom stereocenters. The van der Waals surface area contributed by atoms with Gasteiger partial charge in [-0.15, -0.1) is 0 Å². The van der Waals surface area contributed by atoms with Crippen molar-refractivity contribution in [1.82, 2.24) is 25.8 Å². The highest BCUT2D eigenvalue weighted by Gasteiger charge is 2.31. The minimum absolute atomic E-state index is 0.0784. The van der Waals surface area contributed by atoms with Crippen LogP contribution in [0.5, 0.6) is 0 Å². The van der Waals surface area contributed by atoms with E-state index in [0.717, 1.165) is 23.5 Å². The second-order valence-corrected chi connectivity index (χ2v) is 6.70. The summed E-state index contributed by atoms with van der Waals surface area (Å²) in [6.45, 7) is 6.48. The molecule has 11 heteroatoms. The summed E-state index contributed by atoms with van der Waals surface area (Å²) in [5, 5.41) is 7.29. The number of likely N-dealkylation sites (tertiary alicyclic amines) is 1. The van der Waals surface area contributed by atoms with Crippen LogP contribution in [0.25, 0.3) is 0 Å². The molecule has 2 aliphatic heterocycles. The molecule has 1 fully saturated rings. The predicted molar refractivity (Wildman–Crippen MR) is 111 cm³/mol. The van der Waals surface area contributed by atoms with Crippen molar-refractivity contribution in [2.75, 3.05) is 32.7 Å². The highest BCUT2D eigenvalue weighted by molar-refractivity contribution is 6.13. The average molecular weight is 437 g/mol. The number of carbonyl (C=O) groups is 6. The Bertz CT molecular complexity index is 718. The molecule has 0 aromatic rings. The first kappa shape index (κ1) is 25.8. The van der Waals surface area contributed by atoms with Crippen LogP contribution in [0.15, 0.2) is 12.2 Å². The highest BCUT2D eigenvalue weighted by Crippen LogP contribution is 2.11. The third kappa shape index (κ3) is 8.19. The SMILES string of the molecule is CC.CCCN1CCC(NC(=O)CNC(=O)CNC(=O)CCN2C(=O)C=CC2=O)C1=O. The Labute approximate surface area is 181 Å². The van der Waals surface area contributed by atoms with Crippen LogP contribution in [0.1, 0.15) is 40.0 Å². The standard InChI is InChI=1S/C18H25N5O6.C2H6/c1-2-7-22-8-5-12(18(22)29)21-15(26)11-20-14(25)10-19-13(24)6-9-23-16(27)3-4-17(23)28;1-2/h3-4,12H,2,5-11H2,1H3,(H,19,24)(H,20,25)(H,21,26);1-2H3. The van der Waals surface area contributed by atoms with Gasteiger partial charge in [0.1, 0.15) is 6.04 Å². The molecule has 0 bridgehead atoms.